The van der Waals surface area contributed by atoms with Crippen LogP contribution in [0.2, 0.25) is 0 Å². The molecule has 0 aromatic carbocycles. The van der Waals surface area contributed by atoms with Gasteiger partial charge in [-0.3, -0.25) is 4.79 Å². The molecule has 0 aromatic heterocycles. The van der Waals surface area contributed by atoms with Crippen molar-refractivity contribution in [1.82, 2.24) is 5.32 Å². The fraction of sp³-hybridized carbons (Fsp3) is 0.778. The van der Waals surface area contributed by atoms with Crippen LogP contribution in [0.1, 0.15) is 25.7 Å². The van der Waals surface area contributed by atoms with Crippen LogP contribution in [0.3, 0.4) is 0 Å². The number of aliphatic hydroxyl groups excluding tert-OH is 2. The van der Waals surface area contributed by atoms with E-state index in [2.05, 4.69) is 5.32 Å². The van der Waals surface area contributed by atoms with Gasteiger partial charge in [-0.2, -0.15) is 5.26 Å². The van der Waals surface area contributed by atoms with Crippen molar-refractivity contribution in [2.24, 2.45) is 0 Å². The summed E-state index contributed by atoms with van der Waals surface area (Å²) < 4.78 is 0. The minimum atomic E-state index is -0.662. The Morgan fingerprint density at radius 3 is 2.79 bits per heavy atom. The summed E-state index contributed by atoms with van der Waals surface area (Å²) in [6.45, 7) is 0.291. The fourth-order valence-corrected chi connectivity index (χ4v) is 0.958. The SMILES string of the molecule is N#CCC(=O)NCCCCC(O)CO. The standard InChI is InChI=1S/C9H16N2O3/c10-5-4-9(14)11-6-2-1-3-8(13)7-12/h8,12-13H,1-4,6-7H2,(H,11,14). The van der Waals surface area contributed by atoms with Crippen LogP contribution in [0.25, 0.3) is 0 Å². The molecule has 0 aliphatic carbocycles. The van der Waals surface area contributed by atoms with Gasteiger partial charge in [-0.05, 0) is 19.3 Å². The van der Waals surface area contributed by atoms with Crippen molar-refractivity contribution in [1.29, 1.82) is 5.26 Å². The van der Waals surface area contributed by atoms with Gasteiger partial charge in [0.25, 0.3) is 0 Å². The van der Waals surface area contributed by atoms with Crippen LogP contribution in [-0.4, -0.2) is 35.4 Å². The zero-order valence-electron chi connectivity index (χ0n) is 8.07. The Kier molecular flexibility index (Phi) is 7.80. The zero-order valence-corrected chi connectivity index (χ0v) is 8.07. The Balaban J connectivity index is 3.22. The van der Waals surface area contributed by atoms with Crippen molar-refractivity contribution >= 4 is 5.91 Å². The van der Waals surface area contributed by atoms with E-state index in [0.717, 1.165) is 12.8 Å². The van der Waals surface area contributed by atoms with Crippen LogP contribution in [-0.2, 0) is 4.79 Å². The highest BCUT2D eigenvalue weighted by molar-refractivity contribution is 5.77. The van der Waals surface area contributed by atoms with E-state index < -0.39 is 6.10 Å². The van der Waals surface area contributed by atoms with Gasteiger partial charge in [0, 0.05) is 6.54 Å². The second-order valence-corrected chi connectivity index (χ2v) is 3.02. The van der Waals surface area contributed by atoms with Crippen molar-refractivity contribution in [2.75, 3.05) is 13.2 Å². The second-order valence-electron chi connectivity index (χ2n) is 3.02. The molecule has 14 heavy (non-hydrogen) atoms. The lowest BCUT2D eigenvalue weighted by Gasteiger charge is -2.06. The molecule has 0 bridgehead atoms. The molecule has 0 saturated carbocycles. The first kappa shape index (κ1) is 12.9. The summed E-state index contributed by atoms with van der Waals surface area (Å²) in [6, 6.07) is 1.75. The molecule has 0 fully saturated rings. The third kappa shape index (κ3) is 7.53. The Bertz CT molecular complexity index is 201. The van der Waals surface area contributed by atoms with E-state index in [-0.39, 0.29) is 18.9 Å². The molecule has 5 heteroatoms. The highest BCUT2D eigenvalue weighted by Crippen LogP contribution is 1.98. The molecule has 0 aromatic rings. The maximum Gasteiger partial charge on any atom is 0.234 e. The molecule has 0 spiro atoms. The third-order valence-electron chi connectivity index (χ3n) is 1.74. The number of hydrogen-bond donors (Lipinski definition) is 3. The number of nitrogens with zero attached hydrogens (tertiary/aromatic N) is 1. The number of nitriles is 1. The van der Waals surface area contributed by atoms with E-state index in [9.17, 15) is 4.79 Å². The highest BCUT2D eigenvalue weighted by Gasteiger charge is 2.01. The number of amides is 1. The van der Waals surface area contributed by atoms with Crippen molar-refractivity contribution in [3.8, 4) is 6.07 Å². The first-order chi connectivity index (χ1) is 6.70. The molecule has 1 unspecified atom stereocenters. The molecule has 0 aliphatic rings. The summed E-state index contributed by atoms with van der Waals surface area (Å²) in [4.78, 5) is 10.8. The van der Waals surface area contributed by atoms with Gasteiger partial charge in [0.1, 0.15) is 6.42 Å². The van der Waals surface area contributed by atoms with Gasteiger partial charge in [0.2, 0.25) is 5.91 Å². The van der Waals surface area contributed by atoms with Gasteiger partial charge in [0.15, 0.2) is 0 Å². The summed E-state index contributed by atoms with van der Waals surface area (Å²) in [5, 5.41) is 28.2. The van der Waals surface area contributed by atoms with Crippen molar-refractivity contribution < 1.29 is 15.0 Å². The summed E-state index contributed by atoms with van der Waals surface area (Å²) in [6.07, 6.45) is 1.25. The Morgan fingerprint density at radius 2 is 2.21 bits per heavy atom. The lowest BCUT2D eigenvalue weighted by atomic mass is 10.1. The number of carbonyl (C=O) groups is 1. The molecule has 3 N–H and O–H groups in total. The molecule has 0 heterocycles. The molecular weight excluding hydrogens is 184 g/mol. The normalized spacial score (nSPS) is 11.8. The molecule has 0 radical (unpaired) electrons. The van der Waals surface area contributed by atoms with Gasteiger partial charge >= 0.3 is 0 Å². The van der Waals surface area contributed by atoms with E-state index in [1.54, 1.807) is 6.07 Å². The minimum absolute atomic E-state index is 0.112. The average molecular weight is 200 g/mol. The fourth-order valence-electron chi connectivity index (χ4n) is 0.958. The third-order valence-corrected chi connectivity index (χ3v) is 1.74. The van der Waals surface area contributed by atoms with Crippen LogP contribution in [0.4, 0.5) is 0 Å². The Morgan fingerprint density at radius 1 is 1.50 bits per heavy atom. The summed E-state index contributed by atoms with van der Waals surface area (Å²) in [5.41, 5.74) is 0. The number of aliphatic hydroxyl groups is 2. The highest BCUT2D eigenvalue weighted by atomic mass is 16.3. The first-order valence-corrected chi connectivity index (χ1v) is 4.63. The predicted molar refractivity (Wildman–Crippen MR) is 50.2 cm³/mol. The van der Waals surface area contributed by atoms with Gasteiger partial charge in [0.05, 0.1) is 18.8 Å². The molecule has 0 rings (SSSR count). The largest absolute Gasteiger partial charge is 0.394 e. The van der Waals surface area contributed by atoms with Crippen molar-refractivity contribution in [2.45, 2.75) is 31.8 Å². The molecule has 1 atom stereocenters. The lowest BCUT2D eigenvalue weighted by molar-refractivity contribution is -0.120. The summed E-state index contributed by atoms with van der Waals surface area (Å²) in [7, 11) is 0. The van der Waals surface area contributed by atoms with Crippen molar-refractivity contribution in [3.05, 3.63) is 0 Å². The summed E-state index contributed by atoms with van der Waals surface area (Å²) >= 11 is 0. The molecule has 80 valence electrons. The zero-order chi connectivity index (χ0) is 10.8. The molecular formula is C9H16N2O3. The maximum atomic E-state index is 10.8. The van der Waals surface area contributed by atoms with Crippen LogP contribution in [0.15, 0.2) is 0 Å². The van der Waals surface area contributed by atoms with E-state index in [1.807, 2.05) is 0 Å². The topological polar surface area (TPSA) is 93.4 Å². The van der Waals surface area contributed by atoms with Gasteiger partial charge in [-0.25, -0.2) is 0 Å². The number of nitrogens with one attached hydrogen (secondary N) is 1. The van der Waals surface area contributed by atoms with Crippen LogP contribution >= 0.6 is 0 Å². The monoisotopic (exact) mass is 200 g/mol. The van der Waals surface area contributed by atoms with E-state index in [0.29, 0.717) is 13.0 Å². The molecule has 0 saturated heterocycles. The number of unbranched alkanes of at least 4 members (excludes halogenated alkanes) is 1. The molecule has 1 amide bonds. The summed E-state index contributed by atoms with van der Waals surface area (Å²) in [5.74, 6) is -0.268. The molecule has 0 aliphatic heterocycles. The lowest BCUT2D eigenvalue weighted by Crippen LogP contribution is -2.23. The van der Waals surface area contributed by atoms with E-state index >= 15 is 0 Å². The predicted octanol–water partition coefficient (Wildman–Crippen LogP) is -0.460. The van der Waals surface area contributed by atoms with E-state index in [4.69, 9.17) is 15.5 Å². The quantitative estimate of drug-likeness (QED) is 0.485. The average Bonchev–Trinajstić information content (AvgIpc) is 2.17. The maximum absolute atomic E-state index is 10.8. The van der Waals surface area contributed by atoms with Crippen LogP contribution in [0, 0.1) is 11.3 Å². The Hall–Kier alpha value is -1.12. The van der Waals surface area contributed by atoms with E-state index in [1.165, 1.54) is 0 Å². The second kappa shape index (κ2) is 8.48. The number of carbonyl (C=O) groups excluding carboxylic acids is 1. The van der Waals surface area contributed by atoms with Gasteiger partial charge in [-0.15, -0.1) is 0 Å². The first-order valence-electron chi connectivity index (χ1n) is 4.63. The Labute approximate surface area is 83.4 Å². The van der Waals surface area contributed by atoms with Crippen LogP contribution in [0.5, 0.6) is 0 Å². The van der Waals surface area contributed by atoms with Gasteiger partial charge < -0.3 is 15.5 Å². The number of hydrogen-bond acceptors (Lipinski definition) is 4. The smallest absolute Gasteiger partial charge is 0.234 e. The number of rotatable bonds is 7. The van der Waals surface area contributed by atoms with Gasteiger partial charge in [-0.1, -0.05) is 0 Å². The molecule has 5 nitrogen and oxygen atoms in total. The van der Waals surface area contributed by atoms with Crippen molar-refractivity contribution in [3.63, 3.8) is 0 Å². The minimum Gasteiger partial charge on any atom is -0.394 e. The van der Waals surface area contributed by atoms with Crippen LogP contribution < -0.4 is 5.32 Å².